The van der Waals surface area contributed by atoms with Crippen LogP contribution in [0.1, 0.15) is 20.3 Å². The van der Waals surface area contributed by atoms with Crippen LogP contribution in [0, 0.1) is 5.92 Å². The van der Waals surface area contributed by atoms with Gasteiger partial charge in [0.15, 0.2) is 0 Å². The van der Waals surface area contributed by atoms with Crippen LogP contribution in [-0.2, 0) is 9.47 Å². The van der Waals surface area contributed by atoms with Gasteiger partial charge < -0.3 is 25.0 Å². The van der Waals surface area contributed by atoms with Crippen LogP contribution in [0.15, 0.2) is 0 Å². The van der Waals surface area contributed by atoms with Crippen molar-refractivity contribution in [2.75, 3.05) is 46.1 Å². The minimum absolute atomic E-state index is 0.214. The molecule has 3 N–H and O–H groups in total. The summed E-state index contributed by atoms with van der Waals surface area (Å²) >= 11 is 0. The Hall–Kier alpha value is -0.200. The van der Waals surface area contributed by atoms with Crippen molar-refractivity contribution < 1.29 is 19.7 Å². The highest BCUT2D eigenvalue weighted by molar-refractivity contribution is 4.61. The second kappa shape index (κ2) is 12.3. The third-order valence-corrected chi connectivity index (χ3v) is 2.38. The Morgan fingerprint density at radius 3 is 2.53 bits per heavy atom. The van der Waals surface area contributed by atoms with Gasteiger partial charge >= 0.3 is 0 Å². The van der Waals surface area contributed by atoms with Gasteiger partial charge in [-0.1, -0.05) is 6.92 Å². The van der Waals surface area contributed by atoms with Gasteiger partial charge in [-0.3, -0.25) is 0 Å². The molecule has 0 aliphatic rings. The van der Waals surface area contributed by atoms with Gasteiger partial charge in [0.05, 0.1) is 25.9 Å². The van der Waals surface area contributed by atoms with E-state index in [4.69, 9.17) is 14.6 Å². The number of hydrogen-bond acceptors (Lipinski definition) is 5. The maximum absolute atomic E-state index is 9.57. The van der Waals surface area contributed by atoms with Crippen LogP contribution in [0.25, 0.3) is 0 Å². The third kappa shape index (κ3) is 12.1. The Labute approximate surface area is 104 Å². The highest BCUT2D eigenvalue weighted by Gasteiger charge is 2.05. The first-order valence-corrected chi connectivity index (χ1v) is 6.35. The zero-order valence-electron chi connectivity index (χ0n) is 11.0. The molecule has 0 aliphatic carbocycles. The first-order chi connectivity index (χ1) is 8.20. The van der Waals surface area contributed by atoms with Gasteiger partial charge in [-0.25, -0.2) is 0 Å². The van der Waals surface area contributed by atoms with E-state index in [0.29, 0.717) is 38.9 Å². The zero-order valence-corrected chi connectivity index (χ0v) is 11.0. The maximum Gasteiger partial charge on any atom is 0.0897 e. The summed E-state index contributed by atoms with van der Waals surface area (Å²) in [6.07, 6.45) is 0.298. The Balaban J connectivity index is 3.25. The van der Waals surface area contributed by atoms with E-state index in [0.717, 1.165) is 13.0 Å². The van der Waals surface area contributed by atoms with Crippen molar-refractivity contribution in [1.29, 1.82) is 0 Å². The summed E-state index contributed by atoms with van der Waals surface area (Å²) < 4.78 is 10.4. The second-order valence-electron chi connectivity index (χ2n) is 4.20. The lowest BCUT2D eigenvalue weighted by molar-refractivity contribution is 0.00630. The van der Waals surface area contributed by atoms with E-state index in [-0.39, 0.29) is 6.61 Å². The average molecular weight is 249 g/mol. The molecule has 0 saturated carbocycles. The number of aliphatic hydroxyl groups is 2. The van der Waals surface area contributed by atoms with Gasteiger partial charge in [0.25, 0.3) is 0 Å². The Morgan fingerprint density at radius 1 is 1.18 bits per heavy atom. The zero-order chi connectivity index (χ0) is 12.9. The molecular weight excluding hydrogens is 222 g/mol. The van der Waals surface area contributed by atoms with Crippen molar-refractivity contribution in [2.24, 2.45) is 5.92 Å². The van der Waals surface area contributed by atoms with Crippen LogP contribution >= 0.6 is 0 Å². The highest BCUT2D eigenvalue weighted by atomic mass is 16.5. The Morgan fingerprint density at radius 2 is 1.88 bits per heavy atom. The summed E-state index contributed by atoms with van der Waals surface area (Å²) in [6, 6.07) is 0. The summed E-state index contributed by atoms with van der Waals surface area (Å²) in [5.74, 6) is 0.422. The maximum atomic E-state index is 9.57. The fourth-order valence-corrected chi connectivity index (χ4v) is 1.36. The first-order valence-electron chi connectivity index (χ1n) is 6.35. The van der Waals surface area contributed by atoms with Crippen LogP contribution in [-0.4, -0.2) is 62.4 Å². The van der Waals surface area contributed by atoms with E-state index in [1.807, 2.05) is 6.92 Å². The summed E-state index contributed by atoms with van der Waals surface area (Å²) in [5, 5.41) is 21.4. The molecule has 5 nitrogen and oxygen atoms in total. The number of aliphatic hydroxyl groups excluding tert-OH is 2. The number of ether oxygens (including phenoxy) is 2. The van der Waals surface area contributed by atoms with Crippen molar-refractivity contribution in [1.82, 2.24) is 5.32 Å². The van der Waals surface area contributed by atoms with E-state index in [1.165, 1.54) is 0 Å². The molecule has 0 saturated heterocycles. The number of nitrogens with one attached hydrogen (secondary N) is 1. The Bertz CT molecular complexity index is 157. The first kappa shape index (κ1) is 16.8. The second-order valence-corrected chi connectivity index (χ2v) is 4.20. The molecular formula is C12H27NO4. The predicted octanol–water partition coefficient (Wildman–Crippen LogP) is 0.00850. The molecule has 5 heteroatoms. The monoisotopic (exact) mass is 249 g/mol. The van der Waals surface area contributed by atoms with E-state index in [1.54, 1.807) is 0 Å². The predicted molar refractivity (Wildman–Crippen MR) is 67.1 cm³/mol. The average Bonchev–Trinajstić information content (AvgIpc) is 2.29. The molecule has 0 radical (unpaired) electrons. The molecule has 0 rings (SSSR count). The third-order valence-electron chi connectivity index (χ3n) is 2.38. The summed E-state index contributed by atoms with van der Waals surface area (Å²) in [7, 11) is 0. The lowest BCUT2D eigenvalue weighted by Gasteiger charge is -2.15. The molecule has 2 unspecified atom stereocenters. The minimum Gasteiger partial charge on any atom is -0.396 e. The lowest BCUT2D eigenvalue weighted by Crippen LogP contribution is -2.33. The minimum atomic E-state index is -0.488. The molecule has 17 heavy (non-hydrogen) atoms. The van der Waals surface area contributed by atoms with Crippen LogP contribution in [0.2, 0.25) is 0 Å². The fourth-order valence-electron chi connectivity index (χ4n) is 1.36. The molecule has 0 spiro atoms. The van der Waals surface area contributed by atoms with Gasteiger partial charge in [0.2, 0.25) is 0 Å². The largest absolute Gasteiger partial charge is 0.396 e. The van der Waals surface area contributed by atoms with E-state index < -0.39 is 6.10 Å². The summed E-state index contributed by atoms with van der Waals surface area (Å²) in [5.41, 5.74) is 0. The number of hydrogen-bond donors (Lipinski definition) is 3. The molecule has 0 aromatic heterocycles. The molecule has 0 bridgehead atoms. The molecule has 0 heterocycles. The van der Waals surface area contributed by atoms with Crippen molar-refractivity contribution in [3.05, 3.63) is 0 Å². The van der Waals surface area contributed by atoms with Crippen LogP contribution in [0.4, 0.5) is 0 Å². The van der Waals surface area contributed by atoms with Gasteiger partial charge in [0.1, 0.15) is 0 Å². The van der Waals surface area contributed by atoms with Crippen LogP contribution in [0.5, 0.6) is 0 Å². The van der Waals surface area contributed by atoms with Crippen molar-refractivity contribution in [3.8, 4) is 0 Å². The van der Waals surface area contributed by atoms with Crippen molar-refractivity contribution >= 4 is 0 Å². The molecule has 0 fully saturated rings. The van der Waals surface area contributed by atoms with Crippen molar-refractivity contribution in [3.63, 3.8) is 0 Å². The Kier molecular flexibility index (Phi) is 12.1. The smallest absolute Gasteiger partial charge is 0.0897 e. The van der Waals surface area contributed by atoms with E-state index in [2.05, 4.69) is 12.2 Å². The topological polar surface area (TPSA) is 71.0 Å². The van der Waals surface area contributed by atoms with Crippen LogP contribution < -0.4 is 5.32 Å². The molecule has 0 aromatic carbocycles. The number of rotatable bonds is 12. The van der Waals surface area contributed by atoms with Gasteiger partial charge in [-0.05, 0) is 25.8 Å². The normalized spacial score (nSPS) is 14.8. The molecule has 0 aliphatic heterocycles. The molecule has 2 atom stereocenters. The lowest BCUT2D eigenvalue weighted by atomic mass is 10.1. The summed E-state index contributed by atoms with van der Waals surface area (Å²) in [4.78, 5) is 0. The molecule has 0 amide bonds. The van der Waals surface area contributed by atoms with Gasteiger partial charge in [-0.2, -0.15) is 0 Å². The summed E-state index contributed by atoms with van der Waals surface area (Å²) in [6.45, 7) is 7.65. The van der Waals surface area contributed by atoms with Gasteiger partial charge in [0, 0.05) is 19.8 Å². The standard InChI is InChI=1S/C12H27NO4/c1-3-16-6-7-17-10-12(15)9-13-8-11(2)4-5-14/h11-15H,3-10H2,1-2H3. The quantitative estimate of drug-likeness (QED) is 0.425. The van der Waals surface area contributed by atoms with Crippen LogP contribution in [0.3, 0.4) is 0 Å². The molecule has 0 aromatic rings. The van der Waals surface area contributed by atoms with Gasteiger partial charge in [-0.15, -0.1) is 0 Å². The molecule has 104 valence electrons. The van der Waals surface area contributed by atoms with E-state index >= 15 is 0 Å². The SMILES string of the molecule is CCOCCOCC(O)CNCC(C)CCO. The van der Waals surface area contributed by atoms with E-state index in [9.17, 15) is 5.11 Å². The fraction of sp³-hybridized carbons (Fsp3) is 1.00. The highest BCUT2D eigenvalue weighted by Crippen LogP contribution is 1.97. The van der Waals surface area contributed by atoms with Crippen molar-refractivity contribution in [2.45, 2.75) is 26.4 Å².